The Bertz CT molecular complexity index is 940. The van der Waals surface area contributed by atoms with E-state index in [4.69, 9.17) is 0 Å². The van der Waals surface area contributed by atoms with Crippen LogP contribution in [0, 0.1) is 22.9 Å². The third-order valence-corrected chi connectivity index (χ3v) is 5.98. The summed E-state index contributed by atoms with van der Waals surface area (Å²) in [6.45, 7) is 0. The van der Waals surface area contributed by atoms with E-state index in [1.807, 2.05) is 0 Å². The number of aryl methyl sites for hydroxylation is 1. The first kappa shape index (κ1) is 19.8. The first-order chi connectivity index (χ1) is 13.7. The molecule has 2 fully saturated rings. The molecule has 0 spiro atoms. The van der Waals surface area contributed by atoms with Crippen LogP contribution >= 0.6 is 0 Å². The standard InChI is InChI=1S/C20H20F5N3O/c1-28-17(11-7-12(21)16(23)13(22)8-11)15(10-3-2-4-10)18(27-28)26-14(29)9-20(5-6-20)19(24)25/h7-8,10,19H,2-6,9H2,1H3,(H,26,27,29). The van der Waals surface area contributed by atoms with Crippen molar-refractivity contribution in [2.24, 2.45) is 12.5 Å². The van der Waals surface area contributed by atoms with Gasteiger partial charge in [0, 0.05) is 30.0 Å². The number of hydrogen-bond donors (Lipinski definition) is 1. The van der Waals surface area contributed by atoms with Crippen LogP contribution in [0.5, 0.6) is 0 Å². The Labute approximate surface area is 164 Å². The summed E-state index contributed by atoms with van der Waals surface area (Å²) < 4.78 is 68.6. The summed E-state index contributed by atoms with van der Waals surface area (Å²) in [5.41, 5.74) is -0.191. The molecule has 156 valence electrons. The van der Waals surface area contributed by atoms with Gasteiger partial charge in [-0.2, -0.15) is 5.10 Å². The van der Waals surface area contributed by atoms with E-state index in [0.29, 0.717) is 24.1 Å². The molecule has 1 N–H and O–H groups in total. The van der Waals surface area contributed by atoms with E-state index in [-0.39, 0.29) is 23.7 Å². The van der Waals surface area contributed by atoms with Gasteiger partial charge in [0.05, 0.1) is 5.69 Å². The Hall–Kier alpha value is -2.45. The average Bonchev–Trinajstić information content (AvgIpc) is 3.31. The lowest BCUT2D eigenvalue weighted by molar-refractivity contribution is -0.119. The van der Waals surface area contributed by atoms with Gasteiger partial charge in [-0.3, -0.25) is 9.48 Å². The number of rotatable bonds is 6. The average molecular weight is 413 g/mol. The van der Waals surface area contributed by atoms with Crippen molar-refractivity contribution in [2.45, 2.75) is 50.9 Å². The molecule has 1 amide bonds. The molecule has 0 bridgehead atoms. The maximum atomic E-state index is 13.8. The van der Waals surface area contributed by atoms with E-state index in [2.05, 4.69) is 10.4 Å². The predicted molar refractivity (Wildman–Crippen MR) is 96.0 cm³/mol. The van der Waals surface area contributed by atoms with Gasteiger partial charge in [-0.05, 0) is 43.7 Å². The number of alkyl halides is 2. The molecule has 4 nitrogen and oxygen atoms in total. The fourth-order valence-corrected chi connectivity index (χ4v) is 3.88. The summed E-state index contributed by atoms with van der Waals surface area (Å²) in [6.07, 6.45) is 0.283. The van der Waals surface area contributed by atoms with Crippen molar-refractivity contribution in [3.05, 3.63) is 35.1 Å². The van der Waals surface area contributed by atoms with Gasteiger partial charge in [-0.25, -0.2) is 22.0 Å². The highest BCUT2D eigenvalue weighted by atomic mass is 19.3. The summed E-state index contributed by atoms with van der Waals surface area (Å²) in [6, 6.07) is 1.78. The number of carbonyl (C=O) groups is 1. The molecule has 2 aliphatic carbocycles. The van der Waals surface area contributed by atoms with E-state index >= 15 is 0 Å². The fraction of sp³-hybridized carbons (Fsp3) is 0.500. The summed E-state index contributed by atoms with van der Waals surface area (Å²) in [4.78, 5) is 12.4. The second-order valence-corrected chi connectivity index (χ2v) is 8.00. The number of benzene rings is 1. The molecule has 9 heteroatoms. The number of nitrogens with zero attached hydrogens (tertiary/aromatic N) is 2. The number of aromatic nitrogens is 2. The summed E-state index contributed by atoms with van der Waals surface area (Å²) in [5.74, 6) is -4.55. The van der Waals surface area contributed by atoms with Crippen molar-refractivity contribution in [1.29, 1.82) is 0 Å². The first-order valence-corrected chi connectivity index (χ1v) is 9.51. The third kappa shape index (κ3) is 3.51. The van der Waals surface area contributed by atoms with Gasteiger partial charge in [0.1, 0.15) is 0 Å². The van der Waals surface area contributed by atoms with Crippen LogP contribution in [-0.2, 0) is 11.8 Å². The van der Waals surface area contributed by atoms with Crippen LogP contribution in [-0.4, -0.2) is 22.1 Å². The van der Waals surface area contributed by atoms with Gasteiger partial charge in [0.2, 0.25) is 12.3 Å². The Morgan fingerprint density at radius 2 is 1.86 bits per heavy atom. The zero-order chi connectivity index (χ0) is 20.9. The van der Waals surface area contributed by atoms with Crippen LogP contribution < -0.4 is 5.32 Å². The summed E-state index contributed by atoms with van der Waals surface area (Å²) in [7, 11) is 1.55. The van der Waals surface area contributed by atoms with Crippen molar-refractivity contribution in [1.82, 2.24) is 9.78 Å². The van der Waals surface area contributed by atoms with Crippen molar-refractivity contribution < 1.29 is 26.7 Å². The maximum absolute atomic E-state index is 13.8. The third-order valence-electron chi connectivity index (χ3n) is 5.98. The van der Waals surface area contributed by atoms with E-state index in [1.165, 1.54) is 4.68 Å². The quantitative estimate of drug-likeness (QED) is 0.526. The molecule has 0 aliphatic heterocycles. The Morgan fingerprint density at radius 3 is 2.34 bits per heavy atom. The fourth-order valence-electron chi connectivity index (χ4n) is 3.88. The minimum Gasteiger partial charge on any atom is -0.309 e. The Kier molecular flexibility index (Phi) is 4.86. The Morgan fingerprint density at radius 1 is 1.24 bits per heavy atom. The topological polar surface area (TPSA) is 46.9 Å². The molecule has 1 heterocycles. The molecule has 2 saturated carbocycles. The van der Waals surface area contributed by atoms with Gasteiger partial charge in [-0.1, -0.05) is 6.42 Å². The van der Waals surface area contributed by atoms with Gasteiger partial charge in [0.25, 0.3) is 0 Å². The Balaban J connectivity index is 1.69. The second kappa shape index (κ2) is 7.11. The summed E-state index contributed by atoms with van der Waals surface area (Å²) >= 11 is 0. The molecule has 0 atom stereocenters. The highest BCUT2D eigenvalue weighted by molar-refractivity contribution is 5.92. The molecule has 0 saturated heterocycles. The van der Waals surface area contributed by atoms with Crippen LogP contribution in [0.3, 0.4) is 0 Å². The van der Waals surface area contributed by atoms with Crippen molar-refractivity contribution in [3.63, 3.8) is 0 Å². The number of anilines is 1. The largest absolute Gasteiger partial charge is 0.309 e. The van der Waals surface area contributed by atoms with E-state index < -0.39 is 35.2 Å². The number of amides is 1. The number of halogens is 5. The van der Waals surface area contributed by atoms with Gasteiger partial charge < -0.3 is 5.32 Å². The van der Waals surface area contributed by atoms with Crippen molar-refractivity contribution in [2.75, 3.05) is 5.32 Å². The summed E-state index contributed by atoms with van der Waals surface area (Å²) in [5, 5.41) is 6.88. The zero-order valence-corrected chi connectivity index (χ0v) is 15.7. The minimum absolute atomic E-state index is 0.00941. The van der Waals surface area contributed by atoms with Crippen LogP contribution in [0.25, 0.3) is 11.3 Å². The molecule has 0 unspecified atom stereocenters. The van der Waals surface area contributed by atoms with E-state index in [0.717, 1.165) is 31.4 Å². The molecule has 4 rings (SSSR count). The second-order valence-electron chi connectivity index (χ2n) is 8.00. The van der Waals surface area contributed by atoms with Gasteiger partial charge in [0.15, 0.2) is 23.3 Å². The van der Waals surface area contributed by atoms with Crippen molar-refractivity contribution in [3.8, 4) is 11.3 Å². The molecule has 29 heavy (non-hydrogen) atoms. The molecule has 2 aliphatic rings. The lowest BCUT2D eigenvalue weighted by Crippen LogP contribution is -2.23. The monoisotopic (exact) mass is 413 g/mol. The number of nitrogens with one attached hydrogen (secondary N) is 1. The highest BCUT2D eigenvalue weighted by Crippen LogP contribution is 2.54. The normalized spacial score (nSPS) is 18.0. The highest BCUT2D eigenvalue weighted by Gasteiger charge is 2.52. The van der Waals surface area contributed by atoms with Crippen LogP contribution in [0.15, 0.2) is 12.1 Å². The van der Waals surface area contributed by atoms with E-state index in [9.17, 15) is 26.7 Å². The lowest BCUT2D eigenvalue weighted by atomic mass is 9.79. The van der Waals surface area contributed by atoms with Gasteiger partial charge >= 0.3 is 0 Å². The van der Waals surface area contributed by atoms with E-state index in [1.54, 1.807) is 7.05 Å². The number of carbonyl (C=O) groups excluding carboxylic acids is 1. The minimum atomic E-state index is -2.57. The first-order valence-electron chi connectivity index (χ1n) is 9.51. The van der Waals surface area contributed by atoms with Crippen LogP contribution in [0.4, 0.5) is 27.8 Å². The molecule has 2 aromatic rings. The molecule has 1 aromatic carbocycles. The zero-order valence-electron chi connectivity index (χ0n) is 15.7. The molecule has 0 radical (unpaired) electrons. The predicted octanol–water partition coefficient (Wildman–Crippen LogP) is 5.15. The lowest BCUT2D eigenvalue weighted by Gasteiger charge is -2.27. The number of hydrogen-bond acceptors (Lipinski definition) is 2. The van der Waals surface area contributed by atoms with Crippen LogP contribution in [0.2, 0.25) is 0 Å². The van der Waals surface area contributed by atoms with Crippen LogP contribution in [0.1, 0.15) is 50.0 Å². The maximum Gasteiger partial charge on any atom is 0.244 e. The van der Waals surface area contributed by atoms with Crippen molar-refractivity contribution >= 4 is 11.7 Å². The molecular formula is C20H20F5N3O. The molecular weight excluding hydrogens is 393 g/mol. The SMILES string of the molecule is Cn1nc(NC(=O)CC2(C(F)F)CC2)c(C2CCC2)c1-c1cc(F)c(F)c(F)c1. The molecule has 1 aromatic heterocycles. The van der Waals surface area contributed by atoms with Gasteiger partial charge in [-0.15, -0.1) is 0 Å². The smallest absolute Gasteiger partial charge is 0.244 e.